The van der Waals surface area contributed by atoms with Crippen LogP contribution in [0.2, 0.25) is 0 Å². The molecule has 1 aromatic heterocycles. The molecule has 0 saturated carbocycles. The molecule has 4 nitrogen and oxygen atoms in total. The van der Waals surface area contributed by atoms with Crippen LogP contribution in [0, 0.1) is 6.92 Å². The maximum absolute atomic E-state index is 12.6. The van der Waals surface area contributed by atoms with E-state index < -0.39 is 0 Å². The van der Waals surface area contributed by atoms with Crippen molar-refractivity contribution in [1.82, 2.24) is 0 Å². The molecule has 1 heterocycles. The maximum atomic E-state index is 12.6. The molecule has 0 aliphatic rings. The summed E-state index contributed by atoms with van der Waals surface area (Å²) in [6.07, 6.45) is 0. The average Bonchev–Trinajstić information content (AvgIpc) is 2.42. The van der Waals surface area contributed by atoms with Crippen molar-refractivity contribution in [3.63, 3.8) is 0 Å². The SMILES string of the molecule is Cc1c(OC(=O)c2ccccc2C(C)(C)C)ccc2ooc12. The van der Waals surface area contributed by atoms with Gasteiger partial charge in [0.15, 0.2) is 0 Å². The molecule has 0 N–H and O–H groups in total. The first-order chi connectivity index (χ1) is 10.4. The van der Waals surface area contributed by atoms with Gasteiger partial charge in [-0.05, 0) is 36.1 Å². The number of rotatable bonds is 2. The second-order valence-electron chi connectivity index (χ2n) is 6.37. The number of hydrogen-bond acceptors (Lipinski definition) is 4. The van der Waals surface area contributed by atoms with E-state index in [0.717, 1.165) is 11.1 Å². The molecule has 22 heavy (non-hydrogen) atoms. The van der Waals surface area contributed by atoms with Gasteiger partial charge in [-0.1, -0.05) is 39.0 Å². The second-order valence-corrected chi connectivity index (χ2v) is 6.37. The second kappa shape index (κ2) is 5.05. The van der Waals surface area contributed by atoms with Crippen molar-refractivity contribution in [2.75, 3.05) is 0 Å². The minimum absolute atomic E-state index is 0.137. The first-order valence-electron chi connectivity index (χ1n) is 7.18. The maximum Gasteiger partial charge on any atom is 0.343 e. The van der Waals surface area contributed by atoms with Gasteiger partial charge in [0.05, 0.1) is 5.56 Å². The molecule has 0 saturated heterocycles. The molecule has 0 atom stereocenters. The van der Waals surface area contributed by atoms with Gasteiger partial charge in [0, 0.05) is 5.56 Å². The van der Waals surface area contributed by atoms with Crippen molar-refractivity contribution in [3.8, 4) is 5.75 Å². The Morgan fingerprint density at radius 3 is 2.41 bits per heavy atom. The highest BCUT2D eigenvalue weighted by Gasteiger charge is 2.23. The summed E-state index contributed by atoms with van der Waals surface area (Å²) in [5.74, 6) is 0.115. The molecular formula is C18H18O4. The number of hydrogen-bond donors (Lipinski definition) is 0. The first-order valence-corrected chi connectivity index (χ1v) is 7.18. The Morgan fingerprint density at radius 1 is 1.05 bits per heavy atom. The Bertz CT molecular complexity index is 830. The topological polar surface area (TPSA) is 52.6 Å². The van der Waals surface area contributed by atoms with Crippen molar-refractivity contribution in [2.24, 2.45) is 0 Å². The molecular weight excluding hydrogens is 280 g/mol. The van der Waals surface area contributed by atoms with E-state index in [2.05, 4.69) is 20.8 Å². The molecule has 114 valence electrons. The summed E-state index contributed by atoms with van der Waals surface area (Å²) in [6.45, 7) is 8.04. The molecule has 3 rings (SSSR count). The molecule has 0 radical (unpaired) electrons. The summed E-state index contributed by atoms with van der Waals surface area (Å²) in [4.78, 5) is 12.6. The van der Waals surface area contributed by atoms with E-state index in [0.29, 0.717) is 22.5 Å². The lowest BCUT2D eigenvalue weighted by Crippen LogP contribution is -2.19. The zero-order valence-electron chi connectivity index (χ0n) is 13.1. The van der Waals surface area contributed by atoms with Crippen molar-refractivity contribution < 1.29 is 18.7 Å². The largest absolute Gasteiger partial charge is 0.422 e. The lowest BCUT2D eigenvalue weighted by atomic mass is 9.84. The zero-order valence-corrected chi connectivity index (χ0v) is 13.1. The zero-order chi connectivity index (χ0) is 15.9. The number of ether oxygens (including phenoxy) is 1. The van der Waals surface area contributed by atoms with E-state index in [-0.39, 0.29) is 11.4 Å². The molecule has 2 aromatic carbocycles. The number of fused-ring (bicyclic) bond motifs is 1. The van der Waals surface area contributed by atoms with E-state index in [4.69, 9.17) is 13.9 Å². The number of esters is 1. The standard InChI is InChI=1S/C18H18O4/c1-11-14(9-10-15-16(11)22-21-15)20-17(19)12-7-5-6-8-13(12)18(2,3)4/h5-10H,1-4H3. The van der Waals surface area contributed by atoms with E-state index in [1.807, 2.05) is 25.1 Å². The summed E-state index contributed by atoms with van der Waals surface area (Å²) in [5.41, 5.74) is 3.43. The lowest BCUT2D eigenvalue weighted by Gasteiger charge is -2.22. The van der Waals surface area contributed by atoms with Crippen molar-refractivity contribution in [1.29, 1.82) is 0 Å². The monoisotopic (exact) mass is 298 g/mol. The van der Waals surface area contributed by atoms with Gasteiger partial charge in [0.2, 0.25) is 11.2 Å². The Kier molecular flexibility index (Phi) is 3.32. The van der Waals surface area contributed by atoms with Gasteiger partial charge in [-0.3, -0.25) is 9.15 Å². The highest BCUT2D eigenvalue weighted by molar-refractivity contribution is 5.93. The molecule has 0 bridgehead atoms. The van der Waals surface area contributed by atoms with Crippen LogP contribution in [0.15, 0.2) is 45.6 Å². The van der Waals surface area contributed by atoms with Gasteiger partial charge < -0.3 is 4.74 Å². The van der Waals surface area contributed by atoms with Crippen LogP contribution in [0.25, 0.3) is 11.2 Å². The minimum atomic E-state index is -0.367. The number of carbonyl (C=O) groups is 1. The Labute approximate surface area is 128 Å². The molecule has 0 amide bonds. The van der Waals surface area contributed by atoms with Gasteiger partial charge in [-0.2, -0.15) is 0 Å². The van der Waals surface area contributed by atoms with Crippen LogP contribution in [0.4, 0.5) is 0 Å². The predicted octanol–water partition coefficient (Wildman–Crippen LogP) is 4.85. The van der Waals surface area contributed by atoms with Crippen LogP contribution in [-0.4, -0.2) is 5.97 Å². The fourth-order valence-corrected chi connectivity index (χ4v) is 2.45. The molecule has 0 unspecified atom stereocenters. The summed E-state index contributed by atoms with van der Waals surface area (Å²) in [5, 5.41) is 0. The molecule has 0 fully saturated rings. The van der Waals surface area contributed by atoms with Gasteiger partial charge in [-0.15, -0.1) is 0 Å². The first kappa shape index (κ1) is 14.4. The van der Waals surface area contributed by atoms with E-state index in [1.54, 1.807) is 18.2 Å². The van der Waals surface area contributed by atoms with Crippen molar-refractivity contribution in [2.45, 2.75) is 33.1 Å². The van der Waals surface area contributed by atoms with Gasteiger partial charge in [-0.25, -0.2) is 4.79 Å². The van der Waals surface area contributed by atoms with Crippen LogP contribution in [-0.2, 0) is 5.41 Å². The van der Waals surface area contributed by atoms with Gasteiger partial charge >= 0.3 is 5.97 Å². The third-order valence-electron chi connectivity index (χ3n) is 3.69. The summed E-state index contributed by atoms with van der Waals surface area (Å²) < 4.78 is 15.3. The van der Waals surface area contributed by atoms with Crippen LogP contribution in [0.1, 0.15) is 42.3 Å². The summed E-state index contributed by atoms with van der Waals surface area (Å²) in [7, 11) is 0. The number of carbonyl (C=O) groups excluding carboxylic acids is 1. The van der Waals surface area contributed by atoms with Crippen LogP contribution in [0.5, 0.6) is 5.75 Å². The Morgan fingerprint density at radius 2 is 1.77 bits per heavy atom. The van der Waals surface area contributed by atoms with E-state index in [9.17, 15) is 4.79 Å². The Balaban J connectivity index is 1.94. The van der Waals surface area contributed by atoms with Crippen LogP contribution in [0.3, 0.4) is 0 Å². The lowest BCUT2D eigenvalue weighted by molar-refractivity contribution is 0.0574. The molecule has 0 spiro atoms. The number of aryl methyl sites for hydroxylation is 1. The van der Waals surface area contributed by atoms with Crippen LogP contribution >= 0.6 is 0 Å². The summed E-state index contributed by atoms with van der Waals surface area (Å²) in [6, 6.07) is 11.0. The van der Waals surface area contributed by atoms with Gasteiger partial charge in [0.1, 0.15) is 5.75 Å². The predicted molar refractivity (Wildman–Crippen MR) is 83.3 cm³/mol. The highest BCUT2D eigenvalue weighted by Crippen LogP contribution is 2.31. The molecule has 0 aliphatic heterocycles. The quantitative estimate of drug-likeness (QED) is 0.385. The fraction of sp³-hybridized carbons (Fsp3) is 0.278. The highest BCUT2D eigenvalue weighted by atomic mass is 17.0. The Hall–Kier alpha value is -2.49. The third-order valence-corrected chi connectivity index (χ3v) is 3.69. The smallest absolute Gasteiger partial charge is 0.343 e. The van der Waals surface area contributed by atoms with Crippen LogP contribution < -0.4 is 4.74 Å². The molecule has 0 aliphatic carbocycles. The molecule has 3 aromatic rings. The fourth-order valence-electron chi connectivity index (χ4n) is 2.45. The summed E-state index contributed by atoms with van der Waals surface area (Å²) >= 11 is 0. The normalized spacial score (nSPS) is 11.8. The minimum Gasteiger partial charge on any atom is -0.422 e. The van der Waals surface area contributed by atoms with Crippen molar-refractivity contribution >= 4 is 17.1 Å². The average molecular weight is 298 g/mol. The van der Waals surface area contributed by atoms with Crippen molar-refractivity contribution in [3.05, 3.63) is 53.1 Å². The number of benzene rings is 2. The third kappa shape index (κ3) is 2.41. The molecule has 4 heteroatoms. The van der Waals surface area contributed by atoms with E-state index >= 15 is 0 Å². The van der Waals surface area contributed by atoms with E-state index in [1.165, 1.54) is 0 Å². The van der Waals surface area contributed by atoms with Gasteiger partial charge in [0.25, 0.3) is 0 Å².